The van der Waals surface area contributed by atoms with Crippen LogP contribution >= 0.6 is 0 Å². The van der Waals surface area contributed by atoms with Crippen molar-refractivity contribution in [3.05, 3.63) is 40.0 Å². The second-order valence-corrected chi connectivity index (χ2v) is 4.10. The molecule has 0 aliphatic rings. The second-order valence-electron chi connectivity index (χ2n) is 4.10. The zero-order valence-corrected chi connectivity index (χ0v) is 10.9. The van der Waals surface area contributed by atoms with Gasteiger partial charge in [-0.1, -0.05) is 13.0 Å². The minimum atomic E-state index is -1.09. The Kier molecular flexibility index (Phi) is 5.05. The Bertz CT molecular complexity index is 511. The summed E-state index contributed by atoms with van der Waals surface area (Å²) in [6.45, 7) is 2.71. The van der Waals surface area contributed by atoms with E-state index in [0.717, 1.165) is 12.5 Å². The molecule has 0 fully saturated rings. The average molecular weight is 264 g/mol. The van der Waals surface area contributed by atoms with Gasteiger partial charge in [0.2, 0.25) is 0 Å². The van der Waals surface area contributed by atoms with Gasteiger partial charge in [-0.15, -0.1) is 0 Å². The highest BCUT2D eigenvalue weighted by Gasteiger charge is 2.16. The van der Waals surface area contributed by atoms with Crippen LogP contribution in [0.3, 0.4) is 0 Å². The molecular formula is C13H16N2O4. The van der Waals surface area contributed by atoms with Gasteiger partial charge in [-0.05, 0) is 24.1 Å². The number of anilines is 1. The predicted molar refractivity (Wildman–Crippen MR) is 73.3 cm³/mol. The van der Waals surface area contributed by atoms with Gasteiger partial charge in [0, 0.05) is 25.7 Å². The quantitative estimate of drug-likeness (QED) is 0.485. The zero-order chi connectivity index (χ0) is 14.4. The first kappa shape index (κ1) is 14.7. The van der Waals surface area contributed by atoms with Gasteiger partial charge in [-0.3, -0.25) is 10.1 Å². The fourth-order valence-corrected chi connectivity index (χ4v) is 1.74. The number of benzene rings is 1. The van der Waals surface area contributed by atoms with E-state index in [1.165, 1.54) is 12.1 Å². The Morgan fingerprint density at radius 1 is 1.53 bits per heavy atom. The van der Waals surface area contributed by atoms with Crippen LogP contribution in [0.4, 0.5) is 11.4 Å². The van der Waals surface area contributed by atoms with Crippen molar-refractivity contribution in [3.8, 4) is 0 Å². The van der Waals surface area contributed by atoms with Gasteiger partial charge in [0.15, 0.2) is 0 Å². The molecule has 0 bridgehead atoms. The number of nitro benzene ring substituents is 1. The summed E-state index contributed by atoms with van der Waals surface area (Å²) in [4.78, 5) is 22.8. The molecule has 0 radical (unpaired) electrons. The summed E-state index contributed by atoms with van der Waals surface area (Å²) in [6, 6.07) is 4.67. The molecule has 0 aliphatic heterocycles. The lowest BCUT2D eigenvalue weighted by atomic mass is 10.1. The van der Waals surface area contributed by atoms with E-state index >= 15 is 0 Å². The summed E-state index contributed by atoms with van der Waals surface area (Å²) in [7, 11) is 1.79. The Morgan fingerprint density at radius 2 is 2.21 bits per heavy atom. The smallest absolute Gasteiger partial charge is 0.328 e. The summed E-state index contributed by atoms with van der Waals surface area (Å²) in [6.07, 6.45) is 3.17. The Balaban J connectivity index is 3.14. The van der Waals surface area contributed by atoms with Gasteiger partial charge in [0.25, 0.3) is 5.69 Å². The Morgan fingerprint density at radius 3 is 2.74 bits per heavy atom. The van der Waals surface area contributed by atoms with Crippen molar-refractivity contribution < 1.29 is 14.8 Å². The first-order valence-corrected chi connectivity index (χ1v) is 5.86. The number of carboxylic acid groups (broad SMARTS) is 1. The zero-order valence-electron chi connectivity index (χ0n) is 10.9. The summed E-state index contributed by atoms with van der Waals surface area (Å²) >= 11 is 0. The van der Waals surface area contributed by atoms with E-state index in [0.29, 0.717) is 17.8 Å². The lowest BCUT2D eigenvalue weighted by Crippen LogP contribution is -2.18. The third kappa shape index (κ3) is 4.09. The highest BCUT2D eigenvalue weighted by atomic mass is 16.6. The van der Waals surface area contributed by atoms with Gasteiger partial charge in [0.05, 0.1) is 4.92 Å². The van der Waals surface area contributed by atoms with Crippen LogP contribution in [0.15, 0.2) is 24.3 Å². The lowest BCUT2D eigenvalue weighted by Gasteiger charge is -2.18. The van der Waals surface area contributed by atoms with Crippen LogP contribution in [-0.2, 0) is 4.79 Å². The van der Waals surface area contributed by atoms with E-state index in [1.807, 2.05) is 11.8 Å². The average Bonchev–Trinajstić information content (AvgIpc) is 2.36. The van der Waals surface area contributed by atoms with E-state index in [4.69, 9.17) is 5.11 Å². The van der Waals surface area contributed by atoms with E-state index in [9.17, 15) is 14.9 Å². The van der Waals surface area contributed by atoms with Crippen molar-refractivity contribution in [1.29, 1.82) is 0 Å². The maximum absolute atomic E-state index is 11.1. The molecule has 1 aromatic carbocycles. The fourth-order valence-electron chi connectivity index (χ4n) is 1.74. The van der Waals surface area contributed by atoms with Crippen molar-refractivity contribution >= 4 is 23.4 Å². The van der Waals surface area contributed by atoms with Gasteiger partial charge < -0.3 is 10.0 Å². The van der Waals surface area contributed by atoms with Crippen LogP contribution in [-0.4, -0.2) is 29.6 Å². The van der Waals surface area contributed by atoms with E-state index in [1.54, 1.807) is 19.2 Å². The van der Waals surface area contributed by atoms with Crippen molar-refractivity contribution in [3.63, 3.8) is 0 Å². The third-order valence-electron chi connectivity index (χ3n) is 2.58. The fraction of sp³-hybridized carbons (Fsp3) is 0.308. The predicted octanol–water partition coefficient (Wildman–Crippen LogP) is 2.54. The standard InChI is InChI=1S/C13H16N2O4/c1-3-8-14(2)11-6-4-10(5-7-13(16)17)9-12(11)15(18)19/h4-7,9H,3,8H2,1-2H3,(H,16,17)/b7-5+. The topological polar surface area (TPSA) is 83.7 Å². The van der Waals surface area contributed by atoms with Crippen LogP contribution in [0.25, 0.3) is 6.08 Å². The molecule has 0 saturated heterocycles. The van der Waals surface area contributed by atoms with Gasteiger partial charge in [-0.2, -0.15) is 0 Å². The van der Waals surface area contributed by atoms with Crippen molar-refractivity contribution in [2.24, 2.45) is 0 Å². The summed E-state index contributed by atoms with van der Waals surface area (Å²) in [5, 5.41) is 19.6. The van der Waals surface area contributed by atoms with Crippen LogP contribution in [0.1, 0.15) is 18.9 Å². The molecule has 1 aromatic rings. The molecule has 1 rings (SSSR count). The van der Waals surface area contributed by atoms with Crippen LogP contribution in [0.5, 0.6) is 0 Å². The normalized spacial score (nSPS) is 10.6. The molecule has 0 unspecified atom stereocenters. The van der Waals surface area contributed by atoms with Crippen molar-refractivity contribution in [1.82, 2.24) is 0 Å². The second kappa shape index (κ2) is 6.53. The number of carbonyl (C=O) groups is 1. The molecule has 1 N–H and O–H groups in total. The monoisotopic (exact) mass is 264 g/mol. The van der Waals surface area contributed by atoms with Gasteiger partial charge in [0.1, 0.15) is 5.69 Å². The number of aliphatic carboxylic acids is 1. The number of hydrogen-bond acceptors (Lipinski definition) is 4. The molecule has 0 saturated carbocycles. The first-order valence-electron chi connectivity index (χ1n) is 5.86. The summed E-state index contributed by atoms with van der Waals surface area (Å²) < 4.78 is 0. The highest BCUT2D eigenvalue weighted by molar-refractivity contribution is 5.85. The SMILES string of the molecule is CCCN(C)c1ccc(/C=C/C(=O)O)cc1[N+](=O)[O-]. The minimum absolute atomic E-state index is 0.0245. The molecule has 19 heavy (non-hydrogen) atoms. The third-order valence-corrected chi connectivity index (χ3v) is 2.58. The van der Waals surface area contributed by atoms with Crippen molar-refractivity contribution in [2.75, 3.05) is 18.5 Å². The van der Waals surface area contributed by atoms with E-state index in [2.05, 4.69) is 0 Å². The summed E-state index contributed by atoms with van der Waals surface area (Å²) in [5.74, 6) is -1.09. The van der Waals surface area contributed by atoms with E-state index in [-0.39, 0.29) is 5.69 Å². The number of hydrogen-bond donors (Lipinski definition) is 1. The number of nitrogens with zero attached hydrogens (tertiary/aromatic N) is 2. The molecule has 0 atom stereocenters. The van der Waals surface area contributed by atoms with Crippen molar-refractivity contribution in [2.45, 2.75) is 13.3 Å². The molecule has 0 amide bonds. The molecule has 102 valence electrons. The molecule has 0 heterocycles. The molecular weight excluding hydrogens is 248 g/mol. The minimum Gasteiger partial charge on any atom is -0.478 e. The largest absolute Gasteiger partial charge is 0.478 e. The maximum Gasteiger partial charge on any atom is 0.328 e. The van der Waals surface area contributed by atoms with Gasteiger partial charge in [-0.25, -0.2) is 4.79 Å². The van der Waals surface area contributed by atoms with Crippen LogP contribution < -0.4 is 4.90 Å². The highest BCUT2D eigenvalue weighted by Crippen LogP contribution is 2.29. The number of nitro groups is 1. The Hall–Kier alpha value is -2.37. The van der Waals surface area contributed by atoms with E-state index < -0.39 is 10.9 Å². The molecule has 0 aliphatic carbocycles. The maximum atomic E-state index is 11.1. The molecule has 6 nitrogen and oxygen atoms in total. The molecule has 0 aromatic heterocycles. The Labute approximate surface area is 111 Å². The number of carboxylic acids is 1. The van der Waals surface area contributed by atoms with Gasteiger partial charge >= 0.3 is 5.97 Å². The summed E-state index contributed by atoms with van der Waals surface area (Å²) in [5.41, 5.74) is 0.991. The molecule has 0 spiro atoms. The van der Waals surface area contributed by atoms with Crippen LogP contribution in [0.2, 0.25) is 0 Å². The lowest BCUT2D eigenvalue weighted by molar-refractivity contribution is -0.384. The molecule has 6 heteroatoms. The number of rotatable bonds is 6. The van der Waals surface area contributed by atoms with Crippen LogP contribution in [0, 0.1) is 10.1 Å². The first-order chi connectivity index (χ1) is 8.95.